The molecule has 0 radical (unpaired) electrons. The Morgan fingerprint density at radius 3 is 1.30 bits per heavy atom. The van der Waals surface area contributed by atoms with Crippen molar-refractivity contribution in [2.45, 2.75) is 129 Å². The average molecular weight is 1200 g/mol. The average Bonchev–Trinajstić information content (AvgIpc) is 1.64. The molecule has 2 bridgehead atoms. The minimum Gasteiger partial charge on any atom is -0.466 e. The highest BCUT2D eigenvalue weighted by molar-refractivity contribution is 5.89. The van der Waals surface area contributed by atoms with Crippen LogP contribution in [0, 0.1) is 11.8 Å². The van der Waals surface area contributed by atoms with Gasteiger partial charge >= 0.3 is 42.2 Å². The van der Waals surface area contributed by atoms with Gasteiger partial charge in [0.15, 0.2) is 0 Å². The summed E-state index contributed by atoms with van der Waals surface area (Å²) in [7, 11) is 0. The van der Waals surface area contributed by atoms with Gasteiger partial charge in [0.1, 0.15) is 5.60 Å². The van der Waals surface area contributed by atoms with E-state index in [9.17, 15) is 33.6 Å². The normalized spacial score (nSPS) is 20.3. The van der Waals surface area contributed by atoms with Crippen molar-refractivity contribution < 1.29 is 66.7 Å². The topological polar surface area (TPSA) is 200 Å². The predicted molar refractivity (Wildman–Crippen MR) is 330 cm³/mol. The lowest BCUT2D eigenvalue weighted by molar-refractivity contribution is -0.170. The van der Waals surface area contributed by atoms with Crippen LogP contribution >= 0.6 is 0 Å². The molecule has 4 heterocycles. The van der Waals surface area contributed by atoms with E-state index in [-0.39, 0.29) is 36.9 Å². The van der Waals surface area contributed by atoms with Crippen molar-refractivity contribution in [1.82, 2.24) is 14.7 Å². The molecule has 8 atom stereocenters. The van der Waals surface area contributed by atoms with Gasteiger partial charge in [0.2, 0.25) is 13.6 Å². The number of anilines is 2. The maximum absolute atomic E-state index is 14.7. The van der Waals surface area contributed by atoms with Crippen molar-refractivity contribution in [2.75, 3.05) is 62.8 Å². The number of hydrogen-bond acceptors (Lipinski definition) is 16. The third kappa shape index (κ3) is 13.9. The van der Waals surface area contributed by atoms with Crippen LogP contribution in [0.3, 0.4) is 0 Å². The number of amides is 3. The van der Waals surface area contributed by atoms with Gasteiger partial charge in [0.05, 0.1) is 62.1 Å². The molecule has 0 aliphatic carbocycles. The Morgan fingerprint density at radius 2 is 0.898 bits per heavy atom. The molecule has 4 aliphatic heterocycles. The maximum Gasteiger partial charge on any atom is 0.413 e. The van der Waals surface area contributed by atoms with Crippen molar-refractivity contribution in [3.8, 4) is 0 Å². The molecule has 0 N–H and O–H groups in total. The number of esters is 4. The smallest absolute Gasteiger partial charge is 0.413 e. The highest BCUT2D eigenvalue weighted by Gasteiger charge is 2.62. The molecular weight excluding hydrogens is 1120 g/mol. The molecule has 4 saturated heterocycles. The number of carbonyl (C=O) groups excluding carboxylic acids is 7. The standard InChI is InChI=1S/C69H79N5O14/c1-8-82-60(75)38-46-24-28-50(29-25-46)70-36-34-52(40-70)72(44(3)54-22-14-18-48-16-10-12-20-56(48)54)66(79)86-42-84-64(77)62-58-32-33-59(74(58)68(81)88-69(5,6)7)63(62)65(78)85-43-87-67(80)73(45(4)55-23-15-19-49-17-11-13-21-57(49)55)53-35-37-71(41-53)51-30-26-47(27-31-51)39-61(76)83-9-2/h10-31,44-45,52-53,58-59,62-63H,8-9,32-43H2,1-7H3/t44-,45-,52+,53+,58-,59+,62?,63-/m1/s1. The zero-order chi connectivity index (χ0) is 62.2. The summed E-state index contributed by atoms with van der Waals surface area (Å²) < 4.78 is 39.5. The van der Waals surface area contributed by atoms with E-state index in [4.69, 9.17) is 33.2 Å². The number of nitrogens with zero attached hydrogens (tertiary/aromatic N) is 5. The van der Waals surface area contributed by atoms with Crippen LogP contribution in [0.1, 0.15) is 108 Å². The van der Waals surface area contributed by atoms with Crippen molar-refractivity contribution in [2.24, 2.45) is 11.8 Å². The molecule has 464 valence electrons. The summed E-state index contributed by atoms with van der Waals surface area (Å²) in [5.74, 6) is -4.87. The van der Waals surface area contributed by atoms with Crippen LogP contribution < -0.4 is 9.80 Å². The summed E-state index contributed by atoms with van der Waals surface area (Å²) >= 11 is 0. The number of fused-ring (bicyclic) bond motifs is 4. The molecule has 6 aromatic carbocycles. The minimum atomic E-state index is -1.25. The van der Waals surface area contributed by atoms with Crippen LogP contribution in [0.4, 0.5) is 25.8 Å². The van der Waals surface area contributed by atoms with Crippen LogP contribution in [-0.2, 0) is 65.2 Å². The number of hydrogen-bond donors (Lipinski definition) is 0. The van der Waals surface area contributed by atoms with Crippen LogP contribution in [0.5, 0.6) is 0 Å². The molecule has 19 heteroatoms. The van der Waals surface area contributed by atoms with Crippen molar-refractivity contribution in [3.63, 3.8) is 0 Å². The Balaban J connectivity index is 0.839. The second-order valence-corrected chi connectivity index (χ2v) is 24.0. The van der Waals surface area contributed by atoms with Gasteiger partial charge in [-0.3, -0.25) is 29.0 Å². The van der Waals surface area contributed by atoms with E-state index >= 15 is 0 Å². The molecule has 4 aliphatic rings. The van der Waals surface area contributed by atoms with Gasteiger partial charge in [-0.1, -0.05) is 109 Å². The second-order valence-electron chi connectivity index (χ2n) is 24.0. The third-order valence-corrected chi connectivity index (χ3v) is 17.4. The highest BCUT2D eigenvalue weighted by atomic mass is 16.7. The van der Waals surface area contributed by atoms with Gasteiger partial charge in [0.25, 0.3) is 0 Å². The van der Waals surface area contributed by atoms with E-state index in [0.29, 0.717) is 65.1 Å². The fourth-order valence-corrected chi connectivity index (χ4v) is 13.4. The minimum absolute atomic E-state index is 0.157. The fourth-order valence-electron chi connectivity index (χ4n) is 13.4. The van der Waals surface area contributed by atoms with Crippen molar-refractivity contribution in [1.29, 1.82) is 0 Å². The molecule has 10 rings (SSSR count). The summed E-state index contributed by atoms with van der Waals surface area (Å²) in [6.45, 7) is 13.8. The van der Waals surface area contributed by atoms with E-state index in [1.807, 2.05) is 147 Å². The van der Waals surface area contributed by atoms with Gasteiger partial charge in [-0.15, -0.1) is 0 Å². The lowest BCUT2D eigenvalue weighted by atomic mass is 9.79. The Hall–Kier alpha value is -8.87. The molecule has 3 amide bonds. The summed E-state index contributed by atoms with van der Waals surface area (Å²) in [6.07, 6.45) is 0.0490. The number of carbonyl (C=O) groups is 7. The van der Waals surface area contributed by atoms with Gasteiger partial charge in [-0.05, 0) is 142 Å². The Kier molecular flexibility index (Phi) is 19.4. The first-order valence-corrected chi connectivity index (χ1v) is 30.6. The number of ether oxygens (including phenoxy) is 7. The Labute approximate surface area is 513 Å². The third-order valence-electron chi connectivity index (χ3n) is 17.4. The molecule has 0 spiro atoms. The maximum atomic E-state index is 14.7. The van der Waals surface area contributed by atoms with Crippen LogP contribution in [0.25, 0.3) is 21.5 Å². The summed E-state index contributed by atoms with van der Waals surface area (Å²) in [6, 6.07) is 39.9. The molecule has 19 nitrogen and oxygen atoms in total. The lowest BCUT2D eigenvalue weighted by Crippen LogP contribution is -2.45. The van der Waals surface area contributed by atoms with Gasteiger partial charge in [0, 0.05) is 49.6 Å². The predicted octanol–water partition coefficient (Wildman–Crippen LogP) is 11.5. The summed E-state index contributed by atoms with van der Waals surface area (Å²) in [5, 5.41) is 3.94. The van der Waals surface area contributed by atoms with Gasteiger partial charge in [-0.2, -0.15) is 0 Å². The van der Waals surface area contributed by atoms with E-state index in [0.717, 1.165) is 55.2 Å². The quantitative estimate of drug-likeness (QED) is 0.0397. The van der Waals surface area contributed by atoms with Crippen molar-refractivity contribution >= 4 is 75.1 Å². The number of benzene rings is 6. The van der Waals surface area contributed by atoms with E-state index in [2.05, 4.69) is 9.80 Å². The van der Waals surface area contributed by atoms with E-state index in [1.165, 1.54) is 4.90 Å². The van der Waals surface area contributed by atoms with Gasteiger partial charge < -0.3 is 47.9 Å². The van der Waals surface area contributed by atoms with Crippen molar-refractivity contribution in [3.05, 3.63) is 156 Å². The zero-order valence-corrected chi connectivity index (χ0v) is 51.2. The zero-order valence-electron chi connectivity index (χ0n) is 51.2. The molecule has 0 aromatic heterocycles. The van der Waals surface area contributed by atoms with Crippen LogP contribution in [-0.4, -0.2) is 140 Å². The Bertz CT molecular complexity index is 3270. The van der Waals surface area contributed by atoms with Gasteiger partial charge in [-0.25, -0.2) is 14.4 Å². The molecule has 1 unspecified atom stereocenters. The van der Waals surface area contributed by atoms with Crippen LogP contribution in [0.15, 0.2) is 133 Å². The summed E-state index contributed by atoms with van der Waals surface area (Å²) in [5.41, 5.74) is 4.38. The molecule has 88 heavy (non-hydrogen) atoms. The van der Waals surface area contributed by atoms with E-state index in [1.54, 1.807) is 44.4 Å². The largest absolute Gasteiger partial charge is 0.466 e. The molecule has 0 saturated carbocycles. The second kappa shape index (κ2) is 27.4. The Morgan fingerprint density at radius 1 is 0.500 bits per heavy atom. The molecule has 4 fully saturated rings. The van der Waals surface area contributed by atoms with Crippen LogP contribution in [0.2, 0.25) is 0 Å². The molecule has 6 aromatic rings. The molecular formula is C69H79N5O14. The first-order valence-electron chi connectivity index (χ1n) is 30.6. The SMILES string of the molecule is CCOC(=O)Cc1ccc(N2CC[C@H](N(C(=O)OCOC(=O)C3[C@H]4CC[C@@H]([C@H]3C(=O)OCOC(=O)N([C@H]3CCN(c5ccc(CC(=O)OCC)cc5)C3)[C@H](C)c3cccc5ccccc35)N4C(=O)OC(C)(C)C)[C@H](C)c3cccc4ccccc34)C2)cc1. The fraction of sp³-hybridized carbons (Fsp3) is 0.435. The first kappa shape index (κ1) is 62.2. The number of rotatable bonds is 20. The summed E-state index contributed by atoms with van der Waals surface area (Å²) in [4.78, 5) is 106. The monoisotopic (exact) mass is 1200 g/mol. The lowest BCUT2D eigenvalue weighted by Gasteiger charge is -2.35. The van der Waals surface area contributed by atoms with E-state index < -0.39 is 85.4 Å². The highest BCUT2D eigenvalue weighted by Crippen LogP contribution is 2.48. The first-order chi connectivity index (χ1) is 42.4.